The molecule has 2 amide bonds. The Bertz CT molecular complexity index is 2860. The van der Waals surface area contributed by atoms with Gasteiger partial charge in [-0.15, -0.1) is 0 Å². The molecule has 4 aromatic rings. The Balaban J connectivity index is -0.000000325. The monoisotopic (exact) mass is 1280 g/mol. The molecule has 4 N–H and O–H groups in total. The summed E-state index contributed by atoms with van der Waals surface area (Å²) in [4.78, 5) is 111. The van der Waals surface area contributed by atoms with E-state index in [1.54, 1.807) is 79.7 Å². The molecule has 0 aliphatic rings. The van der Waals surface area contributed by atoms with Gasteiger partial charge in [0.15, 0.2) is 0 Å². The van der Waals surface area contributed by atoms with Crippen molar-refractivity contribution in [3.8, 4) is 23.0 Å². The molecule has 468 valence electrons. The number of carbonyl (C=O) groups excluding carboxylic acids is 9. The van der Waals surface area contributed by atoms with E-state index in [4.69, 9.17) is 56.3 Å². The van der Waals surface area contributed by atoms with Crippen LogP contribution in [-0.4, -0.2) is 166 Å². The van der Waals surface area contributed by atoms with E-state index < -0.39 is 35.8 Å². The summed E-state index contributed by atoms with van der Waals surface area (Å²) in [5, 5.41) is 34.5. The Morgan fingerprint density at radius 1 is 0.540 bits per heavy atom. The third-order valence-corrected chi connectivity index (χ3v) is 9.70. The first-order valence-electron chi connectivity index (χ1n) is 27.3. The van der Waals surface area contributed by atoms with Gasteiger partial charge < -0.3 is 49.3 Å². The van der Waals surface area contributed by atoms with Crippen LogP contribution >= 0.6 is 11.6 Å². The standard InChI is InChI=1S/C19H25NO5.C13H17NO4.C11H12O4.C10H10O4.C6H9ClO.C2H6.CH4.2K.N2/c1-4-5-6-8-18(22)24-12-7-11-20-19(23)16-10-9-14(2)13-17(16)25-15(3)21;1-9-4-5-11(12(8-9)18-10(2)16)13(17)14-6-3-7-15;1-7-4-5-9(11(13)14-3)10(6-7)15-8(2)12;1-6-3-4-8(10(12)13)9(5-6)14-7(2)11;1-2-3-4-5-6(7)8;1-2;;;;1-2/h5-6,9-10,13H,4,7-8,11-12H2,1-3H3,(H,20,23);4-5,8,15H,3,6-7H2,1-2H3,(H,14,17);4-6H,1-3H3;3-5H,1-2H3,(H,12,13);3-4H,2,5H2,1H3;1-2H3;1H4;;;/b6-5-;;;;4-3-;;;;;. The normalized spacial score (nSPS) is 9.39. The van der Waals surface area contributed by atoms with Crippen LogP contribution in [-0.2, 0) is 38.2 Å². The molecule has 0 aromatic heterocycles. The van der Waals surface area contributed by atoms with Gasteiger partial charge in [0.2, 0.25) is 5.24 Å². The number of carbonyl (C=O) groups is 10. The summed E-state index contributed by atoms with van der Waals surface area (Å²) in [6, 6.07) is 19.6. The Kier molecular flexibility index (Phi) is 58.6. The molecule has 25 heteroatoms. The van der Waals surface area contributed by atoms with Crippen LogP contribution in [0.3, 0.4) is 0 Å². The van der Waals surface area contributed by atoms with Crippen molar-refractivity contribution in [1.82, 2.24) is 10.6 Å². The van der Waals surface area contributed by atoms with Gasteiger partial charge in [0.05, 0.1) is 31.3 Å². The van der Waals surface area contributed by atoms with Crippen molar-refractivity contribution < 1.29 is 86.6 Å². The summed E-state index contributed by atoms with van der Waals surface area (Å²) in [5.41, 5.74) is 4.38. The number of carboxylic acids is 1. The number of methoxy groups -OCH3 is 1. The van der Waals surface area contributed by atoms with E-state index in [0.717, 1.165) is 35.1 Å². The first kappa shape index (κ1) is 90.0. The van der Waals surface area contributed by atoms with E-state index >= 15 is 0 Å². The molecule has 0 atom stereocenters. The third kappa shape index (κ3) is 46.1. The fraction of sp³-hybridized carbons (Fsp3) is 0.387. The van der Waals surface area contributed by atoms with E-state index in [2.05, 4.69) is 15.4 Å². The number of amides is 2. The van der Waals surface area contributed by atoms with Crippen LogP contribution in [0.5, 0.6) is 23.0 Å². The Labute approximate surface area is 561 Å². The van der Waals surface area contributed by atoms with Crippen LogP contribution in [0.4, 0.5) is 0 Å². The molecule has 0 aliphatic carbocycles. The van der Waals surface area contributed by atoms with Gasteiger partial charge in [-0.05, 0) is 136 Å². The zero-order chi connectivity index (χ0) is 66.7. The van der Waals surface area contributed by atoms with Gasteiger partial charge in [-0.3, -0.25) is 38.4 Å². The van der Waals surface area contributed by atoms with Gasteiger partial charge in [0.25, 0.3) is 11.8 Å². The van der Waals surface area contributed by atoms with Gasteiger partial charge in [0, 0.05) is 64.6 Å². The van der Waals surface area contributed by atoms with E-state index in [1.807, 2.05) is 60.6 Å². The van der Waals surface area contributed by atoms with Crippen molar-refractivity contribution in [1.29, 1.82) is 10.8 Å². The molecule has 0 aliphatic heterocycles. The second-order valence-corrected chi connectivity index (χ2v) is 17.3. The SMILES string of the molecule is C.CC.CC(=O)Oc1cc(C)ccc1C(=O)NCCCO.CC(=O)Oc1cc(C)ccc1C(=O)O.CC/C=C\CC(=O)Cl.CC/C=C\CC(=O)OCCCNC(=O)c1ccc(C)cc1OC(C)=O.COC(=O)c1ccc(C)cc1OC(C)=O.N#N.[K][K]. The number of esters is 6. The van der Waals surface area contributed by atoms with E-state index in [1.165, 1.54) is 110 Å². The number of aliphatic hydroxyl groups is 1. The number of ether oxygens (including phenoxy) is 6. The summed E-state index contributed by atoms with van der Waals surface area (Å²) < 4.78 is 29.4. The Morgan fingerprint density at radius 3 is 1.18 bits per heavy atom. The molecule has 4 rings (SSSR count). The number of hydrogen-bond donors (Lipinski definition) is 4. The number of rotatable bonds is 21. The molecule has 0 unspecified atom stereocenters. The Hall–Kier alpha value is -5.80. The number of benzene rings is 4. The molecule has 4 aromatic carbocycles. The molecule has 0 saturated carbocycles. The van der Waals surface area contributed by atoms with Crippen LogP contribution in [0.25, 0.3) is 0 Å². The fourth-order valence-electron chi connectivity index (χ4n) is 5.99. The Morgan fingerprint density at radius 2 is 0.862 bits per heavy atom. The molecule has 0 fully saturated rings. The van der Waals surface area contributed by atoms with Crippen LogP contribution < -0.4 is 29.6 Å². The van der Waals surface area contributed by atoms with Crippen molar-refractivity contribution in [2.45, 2.75) is 129 Å². The number of nitrogens with zero attached hydrogens (tertiary/aromatic N) is 2. The van der Waals surface area contributed by atoms with E-state index in [9.17, 15) is 47.9 Å². The van der Waals surface area contributed by atoms with Gasteiger partial charge >= 0.3 is 105 Å². The van der Waals surface area contributed by atoms with Gasteiger partial charge in [0.1, 0.15) is 34.1 Å². The van der Waals surface area contributed by atoms with Crippen molar-refractivity contribution in [2.75, 3.05) is 33.4 Å². The summed E-state index contributed by atoms with van der Waals surface area (Å²) in [6.07, 6.45) is 10.8. The van der Waals surface area contributed by atoms with Crippen LogP contribution in [0.15, 0.2) is 97.1 Å². The number of halogens is 1. The van der Waals surface area contributed by atoms with E-state index in [0.29, 0.717) is 43.5 Å². The molecule has 22 nitrogen and oxygen atoms in total. The number of allylic oxidation sites excluding steroid dienone is 3. The molecule has 87 heavy (non-hydrogen) atoms. The minimum absolute atomic E-state index is 0. The number of nitrogens with one attached hydrogen (secondary N) is 2. The van der Waals surface area contributed by atoms with Crippen molar-refractivity contribution in [2.24, 2.45) is 0 Å². The van der Waals surface area contributed by atoms with Crippen molar-refractivity contribution in [3.05, 3.63) is 142 Å². The van der Waals surface area contributed by atoms with E-state index in [-0.39, 0.29) is 84.2 Å². The van der Waals surface area contributed by atoms with Crippen molar-refractivity contribution in [3.63, 3.8) is 0 Å². The summed E-state index contributed by atoms with van der Waals surface area (Å²) in [6.45, 7) is 21.4. The zero-order valence-electron chi connectivity index (χ0n) is 52.0. The number of hydrogen-bond acceptors (Lipinski definition) is 19. The maximum atomic E-state index is 12.2. The number of carboxylic acid groups (broad SMARTS) is 1. The van der Waals surface area contributed by atoms with Crippen LogP contribution in [0.2, 0.25) is 0 Å². The molecule has 0 bridgehead atoms. The first-order valence-corrected chi connectivity index (χ1v) is 43.7. The molecule has 0 heterocycles. The quantitative estimate of drug-likeness (QED) is 0.0115. The van der Waals surface area contributed by atoms with Crippen LogP contribution in [0, 0.1) is 38.5 Å². The predicted octanol–water partition coefficient (Wildman–Crippen LogP) is 10.3. The van der Waals surface area contributed by atoms with Gasteiger partial charge in [-0.25, -0.2) is 9.59 Å². The summed E-state index contributed by atoms with van der Waals surface area (Å²) in [7, 11) is 1.28. The number of aromatic carboxylic acids is 1. The van der Waals surface area contributed by atoms with Crippen LogP contribution in [0.1, 0.15) is 165 Å². The molecule has 0 saturated heterocycles. The average molecular weight is 1290 g/mol. The average Bonchev–Trinajstić information content (AvgIpc) is 2.72. The number of aryl methyl sites for hydroxylation is 4. The topological polar surface area (TPSA) is 338 Å². The number of aliphatic hydroxyl groups excluding tert-OH is 1. The summed E-state index contributed by atoms with van der Waals surface area (Å²) >= 11 is 7.52. The molecular weight excluding hydrogens is 1200 g/mol. The first-order chi connectivity index (χ1) is 40.8. The molecule has 0 spiro atoms. The van der Waals surface area contributed by atoms with Gasteiger partial charge in [-0.2, -0.15) is 0 Å². The van der Waals surface area contributed by atoms with Crippen molar-refractivity contribution >= 4 is 134 Å². The second-order valence-electron chi connectivity index (χ2n) is 16.9. The maximum absolute atomic E-state index is 12.2. The van der Waals surface area contributed by atoms with Gasteiger partial charge in [-0.1, -0.05) is 83.7 Å². The minimum atomic E-state index is -1.11. The third-order valence-electron chi connectivity index (χ3n) is 9.55. The zero-order valence-corrected chi connectivity index (χ0v) is 59.0. The predicted molar refractivity (Wildman–Crippen MR) is 332 cm³/mol. The molecule has 0 radical (unpaired) electrons. The molecular formula is C62H83ClK2N4O18. The fourth-order valence-corrected chi connectivity index (χ4v) is 6.07. The summed E-state index contributed by atoms with van der Waals surface area (Å²) in [5.74, 6) is -3.72. The second kappa shape index (κ2) is 56.7.